The molecule has 5 nitrogen and oxygen atoms in total. The summed E-state index contributed by atoms with van der Waals surface area (Å²) in [5, 5.41) is 2.69. The molecule has 2 amide bonds. The van der Waals surface area contributed by atoms with Gasteiger partial charge < -0.3 is 15.8 Å². The summed E-state index contributed by atoms with van der Waals surface area (Å²) in [6, 6.07) is 12.5. The quantitative estimate of drug-likeness (QED) is 0.889. The molecular formula is C18H18N2O3. The van der Waals surface area contributed by atoms with Gasteiger partial charge in [-0.3, -0.25) is 9.59 Å². The highest BCUT2D eigenvalue weighted by atomic mass is 16.5. The number of nitrogens with one attached hydrogen (secondary N) is 1. The number of rotatable bonds is 5. The largest absolute Gasteiger partial charge is 0.484 e. The van der Waals surface area contributed by atoms with Gasteiger partial charge in [-0.25, -0.2) is 0 Å². The number of amides is 2. The minimum atomic E-state index is -0.532. The van der Waals surface area contributed by atoms with Crippen molar-refractivity contribution >= 4 is 17.5 Å². The van der Waals surface area contributed by atoms with E-state index in [1.807, 2.05) is 12.1 Å². The topological polar surface area (TPSA) is 81.4 Å². The molecule has 0 aromatic heterocycles. The molecule has 0 radical (unpaired) electrons. The number of hydrogen-bond acceptors (Lipinski definition) is 3. The Morgan fingerprint density at radius 1 is 1.09 bits per heavy atom. The van der Waals surface area contributed by atoms with Crippen molar-refractivity contribution in [2.24, 2.45) is 5.73 Å². The number of fused-ring (bicyclic) bond motifs is 1. The molecule has 23 heavy (non-hydrogen) atoms. The van der Waals surface area contributed by atoms with E-state index in [9.17, 15) is 9.59 Å². The molecule has 0 atom stereocenters. The van der Waals surface area contributed by atoms with Crippen molar-refractivity contribution in [2.45, 2.75) is 19.3 Å². The fourth-order valence-electron chi connectivity index (χ4n) is 2.73. The van der Waals surface area contributed by atoms with Crippen LogP contribution in [0.3, 0.4) is 0 Å². The van der Waals surface area contributed by atoms with Gasteiger partial charge in [0.25, 0.3) is 5.91 Å². The Balaban J connectivity index is 1.57. The third-order valence-electron chi connectivity index (χ3n) is 3.87. The van der Waals surface area contributed by atoms with Crippen LogP contribution in [-0.2, 0) is 17.6 Å². The summed E-state index contributed by atoms with van der Waals surface area (Å²) in [5.41, 5.74) is 8.75. The molecule has 0 heterocycles. The summed E-state index contributed by atoms with van der Waals surface area (Å²) in [4.78, 5) is 23.1. The van der Waals surface area contributed by atoms with Gasteiger partial charge in [-0.2, -0.15) is 0 Å². The zero-order valence-electron chi connectivity index (χ0n) is 12.7. The Bertz CT molecular complexity index is 756. The number of carbonyl (C=O) groups excluding carboxylic acids is 2. The van der Waals surface area contributed by atoms with Crippen LogP contribution in [-0.4, -0.2) is 18.4 Å². The number of ether oxygens (including phenoxy) is 1. The van der Waals surface area contributed by atoms with E-state index in [-0.39, 0.29) is 12.5 Å². The van der Waals surface area contributed by atoms with Crippen LogP contribution in [0, 0.1) is 0 Å². The van der Waals surface area contributed by atoms with Crippen molar-refractivity contribution in [2.75, 3.05) is 11.9 Å². The van der Waals surface area contributed by atoms with E-state index in [1.54, 1.807) is 18.2 Å². The van der Waals surface area contributed by atoms with Crippen molar-refractivity contribution in [1.29, 1.82) is 0 Å². The first kappa shape index (κ1) is 15.1. The summed E-state index contributed by atoms with van der Waals surface area (Å²) in [7, 11) is 0. The second-order valence-corrected chi connectivity index (χ2v) is 5.57. The number of hydrogen-bond donors (Lipinski definition) is 2. The van der Waals surface area contributed by atoms with Crippen LogP contribution >= 0.6 is 0 Å². The highest BCUT2D eigenvalue weighted by molar-refractivity contribution is 5.96. The minimum absolute atomic E-state index is 0.0837. The van der Waals surface area contributed by atoms with Crippen LogP contribution in [0.5, 0.6) is 5.75 Å². The molecule has 2 aromatic carbocycles. The van der Waals surface area contributed by atoms with Gasteiger partial charge in [0.1, 0.15) is 5.75 Å². The van der Waals surface area contributed by atoms with Crippen LogP contribution in [0.25, 0.3) is 0 Å². The summed E-state index contributed by atoms with van der Waals surface area (Å²) >= 11 is 0. The van der Waals surface area contributed by atoms with Gasteiger partial charge in [-0.1, -0.05) is 12.1 Å². The lowest BCUT2D eigenvalue weighted by Crippen LogP contribution is -2.20. The molecule has 0 spiro atoms. The molecule has 5 heteroatoms. The molecule has 3 N–H and O–H groups in total. The first-order chi connectivity index (χ1) is 11.1. The molecule has 1 aliphatic rings. The van der Waals surface area contributed by atoms with Crippen molar-refractivity contribution in [1.82, 2.24) is 0 Å². The maximum atomic E-state index is 11.9. The second kappa shape index (κ2) is 6.52. The molecule has 0 fully saturated rings. The molecule has 0 saturated heterocycles. The summed E-state index contributed by atoms with van der Waals surface area (Å²) < 4.78 is 5.54. The zero-order chi connectivity index (χ0) is 16.2. The van der Waals surface area contributed by atoms with E-state index < -0.39 is 5.91 Å². The third kappa shape index (κ3) is 3.69. The number of anilines is 1. The van der Waals surface area contributed by atoms with E-state index in [0.717, 1.165) is 12.8 Å². The smallest absolute Gasteiger partial charge is 0.262 e. The van der Waals surface area contributed by atoms with Gasteiger partial charge in [-0.15, -0.1) is 0 Å². The van der Waals surface area contributed by atoms with Gasteiger partial charge in [0.2, 0.25) is 5.91 Å². The first-order valence-electron chi connectivity index (χ1n) is 7.56. The minimum Gasteiger partial charge on any atom is -0.484 e. The Hall–Kier alpha value is -2.82. The van der Waals surface area contributed by atoms with Crippen LogP contribution in [0.1, 0.15) is 27.9 Å². The molecule has 0 bridgehead atoms. The number of nitrogens with two attached hydrogens (primary N) is 1. The van der Waals surface area contributed by atoms with Gasteiger partial charge in [0, 0.05) is 11.3 Å². The normalized spacial score (nSPS) is 12.5. The summed E-state index contributed by atoms with van der Waals surface area (Å²) in [5.74, 6) is -0.116. The van der Waals surface area contributed by atoms with Crippen LogP contribution in [0.2, 0.25) is 0 Å². The van der Waals surface area contributed by atoms with Gasteiger partial charge in [0.05, 0.1) is 0 Å². The Labute approximate surface area is 134 Å². The average molecular weight is 310 g/mol. The molecular weight excluding hydrogens is 292 g/mol. The Morgan fingerprint density at radius 3 is 2.74 bits per heavy atom. The average Bonchev–Trinajstić information content (AvgIpc) is 3.01. The van der Waals surface area contributed by atoms with Crippen molar-refractivity contribution < 1.29 is 14.3 Å². The third-order valence-corrected chi connectivity index (χ3v) is 3.87. The molecule has 3 rings (SSSR count). The van der Waals surface area contributed by atoms with Crippen molar-refractivity contribution in [3.05, 3.63) is 59.2 Å². The highest BCUT2D eigenvalue weighted by Crippen LogP contribution is 2.26. The van der Waals surface area contributed by atoms with Crippen LogP contribution in [0.4, 0.5) is 5.69 Å². The lowest BCUT2D eigenvalue weighted by Gasteiger charge is -2.09. The van der Waals surface area contributed by atoms with E-state index >= 15 is 0 Å². The van der Waals surface area contributed by atoms with E-state index in [4.69, 9.17) is 10.5 Å². The fraction of sp³-hybridized carbons (Fsp3) is 0.222. The SMILES string of the molecule is NC(=O)c1cccc(NC(=O)COc2ccc3c(c2)CCC3)c1. The van der Waals surface area contributed by atoms with E-state index in [0.29, 0.717) is 17.0 Å². The van der Waals surface area contributed by atoms with Crippen LogP contribution in [0.15, 0.2) is 42.5 Å². The molecule has 118 valence electrons. The lowest BCUT2D eigenvalue weighted by atomic mass is 10.1. The predicted molar refractivity (Wildman–Crippen MR) is 87.6 cm³/mol. The second-order valence-electron chi connectivity index (χ2n) is 5.57. The van der Waals surface area contributed by atoms with Crippen LogP contribution < -0.4 is 15.8 Å². The monoisotopic (exact) mass is 310 g/mol. The molecule has 2 aromatic rings. The van der Waals surface area contributed by atoms with Crippen molar-refractivity contribution in [3.8, 4) is 5.75 Å². The standard InChI is InChI=1S/C18H18N2O3/c19-18(22)14-5-2-6-15(9-14)20-17(21)11-23-16-8-7-12-3-1-4-13(12)10-16/h2,5-10H,1,3-4,11H2,(H2,19,22)(H,20,21). The molecule has 0 unspecified atom stereocenters. The molecule has 0 saturated carbocycles. The Kier molecular flexibility index (Phi) is 4.28. The predicted octanol–water partition coefficient (Wildman–Crippen LogP) is 2.29. The lowest BCUT2D eigenvalue weighted by molar-refractivity contribution is -0.118. The van der Waals surface area contributed by atoms with Gasteiger partial charge in [-0.05, 0) is 60.7 Å². The highest BCUT2D eigenvalue weighted by Gasteiger charge is 2.12. The molecule has 1 aliphatic carbocycles. The summed E-state index contributed by atoms with van der Waals surface area (Å²) in [6.45, 7) is -0.0837. The van der Waals surface area contributed by atoms with Gasteiger partial charge >= 0.3 is 0 Å². The number of benzene rings is 2. The number of primary amides is 1. The van der Waals surface area contributed by atoms with E-state index in [2.05, 4.69) is 11.4 Å². The maximum Gasteiger partial charge on any atom is 0.262 e. The molecule has 0 aliphatic heterocycles. The number of carbonyl (C=O) groups is 2. The van der Waals surface area contributed by atoms with Gasteiger partial charge in [0.15, 0.2) is 6.61 Å². The van der Waals surface area contributed by atoms with Crippen molar-refractivity contribution in [3.63, 3.8) is 0 Å². The first-order valence-corrected chi connectivity index (χ1v) is 7.56. The Morgan fingerprint density at radius 2 is 1.91 bits per heavy atom. The van der Waals surface area contributed by atoms with E-state index in [1.165, 1.54) is 23.6 Å². The summed E-state index contributed by atoms with van der Waals surface area (Å²) in [6.07, 6.45) is 3.36. The fourth-order valence-corrected chi connectivity index (χ4v) is 2.73. The zero-order valence-corrected chi connectivity index (χ0v) is 12.7. The maximum absolute atomic E-state index is 11.9. The number of aryl methyl sites for hydroxylation is 2.